The molecule has 4 heteroatoms. The molecule has 18 heavy (non-hydrogen) atoms. The minimum Gasteiger partial charge on any atom is -0.338 e. The number of hydrogen-bond donors (Lipinski definition) is 1. The third kappa shape index (κ3) is 2.53. The zero-order valence-electron chi connectivity index (χ0n) is 10.9. The van der Waals surface area contributed by atoms with E-state index >= 15 is 0 Å². The summed E-state index contributed by atoms with van der Waals surface area (Å²) in [7, 11) is 0. The zero-order valence-corrected chi connectivity index (χ0v) is 10.9. The first kappa shape index (κ1) is 13.0. The maximum absolute atomic E-state index is 13.5. The van der Waals surface area contributed by atoms with Crippen LogP contribution in [-0.2, 0) is 11.3 Å². The molecule has 0 aliphatic carbocycles. The fourth-order valence-corrected chi connectivity index (χ4v) is 2.51. The highest BCUT2D eigenvalue weighted by Crippen LogP contribution is 2.21. The Balaban J connectivity index is 2.13. The van der Waals surface area contributed by atoms with Crippen LogP contribution in [0.4, 0.5) is 4.39 Å². The third-order valence-electron chi connectivity index (χ3n) is 3.50. The second-order valence-corrected chi connectivity index (χ2v) is 5.12. The molecular formula is C14H19FN2O. The maximum atomic E-state index is 13.5. The van der Waals surface area contributed by atoms with Crippen molar-refractivity contribution in [3.63, 3.8) is 0 Å². The summed E-state index contributed by atoms with van der Waals surface area (Å²) >= 11 is 0. The van der Waals surface area contributed by atoms with Gasteiger partial charge in [0.25, 0.3) is 0 Å². The SMILES string of the molecule is Cc1cc(CN2CC(CN)CC2=O)cc(C)c1F. The van der Waals surface area contributed by atoms with Gasteiger partial charge in [0.05, 0.1) is 0 Å². The van der Waals surface area contributed by atoms with Crippen molar-refractivity contribution in [2.75, 3.05) is 13.1 Å². The first-order valence-corrected chi connectivity index (χ1v) is 6.24. The Morgan fingerprint density at radius 3 is 2.50 bits per heavy atom. The van der Waals surface area contributed by atoms with Crippen LogP contribution in [0.2, 0.25) is 0 Å². The van der Waals surface area contributed by atoms with Gasteiger partial charge in [-0.3, -0.25) is 4.79 Å². The Kier molecular flexibility index (Phi) is 3.66. The topological polar surface area (TPSA) is 46.3 Å². The number of likely N-dealkylation sites (tertiary alicyclic amines) is 1. The normalized spacial score (nSPS) is 19.7. The van der Waals surface area contributed by atoms with Crippen molar-refractivity contribution in [2.45, 2.75) is 26.8 Å². The summed E-state index contributed by atoms with van der Waals surface area (Å²) in [4.78, 5) is 13.6. The fourth-order valence-electron chi connectivity index (χ4n) is 2.51. The van der Waals surface area contributed by atoms with E-state index in [9.17, 15) is 9.18 Å². The van der Waals surface area contributed by atoms with Crippen LogP contribution in [0.15, 0.2) is 12.1 Å². The van der Waals surface area contributed by atoms with Crippen LogP contribution >= 0.6 is 0 Å². The van der Waals surface area contributed by atoms with Crippen molar-refractivity contribution in [1.82, 2.24) is 4.90 Å². The Morgan fingerprint density at radius 1 is 1.39 bits per heavy atom. The fraction of sp³-hybridized carbons (Fsp3) is 0.500. The van der Waals surface area contributed by atoms with Crippen molar-refractivity contribution in [2.24, 2.45) is 11.7 Å². The summed E-state index contributed by atoms with van der Waals surface area (Å²) in [6.45, 7) is 5.31. The summed E-state index contributed by atoms with van der Waals surface area (Å²) < 4.78 is 13.5. The number of nitrogens with zero attached hydrogens (tertiary/aromatic N) is 1. The minimum absolute atomic E-state index is 0.144. The van der Waals surface area contributed by atoms with Gasteiger partial charge in [0.2, 0.25) is 5.91 Å². The number of benzene rings is 1. The number of rotatable bonds is 3. The minimum atomic E-state index is -0.161. The van der Waals surface area contributed by atoms with Gasteiger partial charge in [-0.25, -0.2) is 4.39 Å². The molecule has 1 saturated heterocycles. The third-order valence-corrected chi connectivity index (χ3v) is 3.50. The molecule has 1 amide bonds. The summed E-state index contributed by atoms with van der Waals surface area (Å²) in [5, 5.41) is 0. The molecule has 2 N–H and O–H groups in total. The molecule has 0 aromatic heterocycles. The number of nitrogens with two attached hydrogens (primary N) is 1. The van der Waals surface area contributed by atoms with Crippen LogP contribution in [0.5, 0.6) is 0 Å². The lowest BCUT2D eigenvalue weighted by Gasteiger charge is -2.17. The van der Waals surface area contributed by atoms with E-state index in [1.807, 2.05) is 17.0 Å². The summed E-state index contributed by atoms with van der Waals surface area (Å²) in [5.41, 5.74) is 7.84. The van der Waals surface area contributed by atoms with Crippen molar-refractivity contribution >= 4 is 5.91 Å². The lowest BCUT2D eigenvalue weighted by atomic mass is 10.1. The van der Waals surface area contributed by atoms with Crippen LogP contribution in [0.3, 0.4) is 0 Å². The number of carbonyl (C=O) groups is 1. The largest absolute Gasteiger partial charge is 0.338 e. The average molecular weight is 250 g/mol. The molecule has 1 aromatic rings. The van der Waals surface area contributed by atoms with E-state index in [0.717, 1.165) is 5.56 Å². The highest BCUT2D eigenvalue weighted by atomic mass is 19.1. The number of hydrogen-bond acceptors (Lipinski definition) is 2. The van der Waals surface area contributed by atoms with Crippen molar-refractivity contribution in [3.05, 3.63) is 34.6 Å². The van der Waals surface area contributed by atoms with Crippen LogP contribution in [0.25, 0.3) is 0 Å². The monoisotopic (exact) mass is 250 g/mol. The van der Waals surface area contributed by atoms with Gasteiger partial charge in [-0.15, -0.1) is 0 Å². The smallest absolute Gasteiger partial charge is 0.223 e. The molecule has 0 spiro atoms. The molecule has 0 saturated carbocycles. The Hall–Kier alpha value is -1.42. The maximum Gasteiger partial charge on any atom is 0.223 e. The van der Waals surface area contributed by atoms with E-state index in [0.29, 0.717) is 37.2 Å². The summed E-state index contributed by atoms with van der Waals surface area (Å²) in [6.07, 6.45) is 0.537. The first-order chi connectivity index (χ1) is 8.51. The van der Waals surface area contributed by atoms with E-state index in [1.54, 1.807) is 13.8 Å². The molecule has 1 aliphatic rings. The van der Waals surface area contributed by atoms with Gasteiger partial charge in [-0.05, 0) is 43.0 Å². The van der Waals surface area contributed by atoms with Crippen LogP contribution < -0.4 is 5.73 Å². The van der Waals surface area contributed by atoms with Gasteiger partial charge in [0.15, 0.2) is 0 Å². The second kappa shape index (κ2) is 5.06. The van der Waals surface area contributed by atoms with Gasteiger partial charge < -0.3 is 10.6 Å². The molecule has 1 unspecified atom stereocenters. The molecule has 0 bridgehead atoms. The van der Waals surface area contributed by atoms with Crippen molar-refractivity contribution < 1.29 is 9.18 Å². The second-order valence-electron chi connectivity index (χ2n) is 5.12. The molecular weight excluding hydrogens is 231 g/mol. The lowest BCUT2D eigenvalue weighted by Crippen LogP contribution is -2.25. The standard InChI is InChI=1S/C14H19FN2O/c1-9-3-11(4-10(2)14(9)15)7-17-8-12(6-16)5-13(17)18/h3-4,12H,5-8,16H2,1-2H3. The summed E-state index contributed by atoms with van der Waals surface area (Å²) in [5.74, 6) is 0.247. The average Bonchev–Trinajstić information content (AvgIpc) is 2.67. The number of halogens is 1. The van der Waals surface area contributed by atoms with E-state index < -0.39 is 0 Å². The van der Waals surface area contributed by atoms with Gasteiger partial charge in [0.1, 0.15) is 5.82 Å². The molecule has 3 nitrogen and oxygen atoms in total. The molecule has 1 fully saturated rings. The highest BCUT2D eigenvalue weighted by molar-refractivity contribution is 5.78. The van der Waals surface area contributed by atoms with Gasteiger partial charge in [-0.1, -0.05) is 12.1 Å². The van der Waals surface area contributed by atoms with E-state index in [2.05, 4.69) is 0 Å². The van der Waals surface area contributed by atoms with Gasteiger partial charge in [-0.2, -0.15) is 0 Å². The van der Waals surface area contributed by atoms with Crippen molar-refractivity contribution in [3.8, 4) is 0 Å². The highest BCUT2D eigenvalue weighted by Gasteiger charge is 2.28. The zero-order chi connectivity index (χ0) is 13.3. The Morgan fingerprint density at radius 2 is 2.00 bits per heavy atom. The van der Waals surface area contributed by atoms with Gasteiger partial charge in [0, 0.05) is 19.5 Å². The molecule has 2 rings (SSSR count). The molecule has 0 radical (unpaired) electrons. The van der Waals surface area contributed by atoms with Gasteiger partial charge >= 0.3 is 0 Å². The molecule has 1 atom stereocenters. The van der Waals surface area contributed by atoms with E-state index in [1.165, 1.54) is 0 Å². The number of aryl methyl sites for hydroxylation is 2. The van der Waals surface area contributed by atoms with E-state index in [4.69, 9.17) is 5.73 Å². The predicted molar refractivity (Wildman–Crippen MR) is 68.5 cm³/mol. The number of amides is 1. The molecule has 1 aromatic carbocycles. The quantitative estimate of drug-likeness (QED) is 0.888. The van der Waals surface area contributed by atoms with Crippen LogP contribution in [-0.4, -0.2) is 23.9 Å². The lowest BCUT2D eigenvalue weighted by molar-refractivity contribution is -0.128. The Labute approximate surface area is 107 Å². The van der Waals surface area contributed by atoms with Crippen LogP contribution in [0, 0.1) is 25.6 Å². The molecule has 98 valence electrons. The molecule has 1 heterocycles. The first-order valence-electron chi connectivity index (χ1n) is 6.24. The molecule has 1 aliphatic heterocycles. The van der Waals surface area contributed by atoms with E-state index in [-0.39, 0.29) is 17.6 Å². The van der Waals surface area contributed by atoms with Crippen molar-refractivity contribution in [1.29, 1.82) is 0 Å². The summed E-state index contributed by atoms with van der Waals surface area (Å²) in [6, 6.07) is 3.62. The van der Waals surface area contributed by atoms with Crippen LogP contribution in [0.1, 0.15) is 23.1 Å². The predicted octanol–water partition coefficient (Wildman–Crippen LogP) is 1.75. The Bertz CT molecular complexity index is 450. The number of carbonyl (C=O) groups excluding carboxylic acids is 1.